The van der Waals surface area contributed by atoms with Gasteiger partial charge in [-0.1, -0.05) is 24.3 Å². The van der Waals surface area contributed by atoms with Gasteiger partial charge in [0, 0.05) is 5.88 Å². The van der Waals surface area contributed by atoms with Crippen molar-refractivity contribution in [2.75, 3.05) is 20.1 Å². The van der Waals surface area contributed by atoms with Crippen molar-refractivity contribution in [1.29, 1.82) is 0 Å². The summed E-state index contributed by atoms with van der Waals surface area (Å²) in [5, 5.41) is 0. The van der Waals surface area contributed by atoms with Gasteiger partial charge in [-0.2, -0.15) is 0 Å². The van der Waals surface area contributed by atoms with Gasteiger partial charge in [-0.15, -0.1) is 11.6 Å². The summed E-state index contributed by atoms with van der Waals surface area (Å²) in [6.07, 6.45) is 2.08. The van der Waals surface area contributed by atoms with E-state index in [2.05, 4.69) is 6.08 Å². The number of allylic oxidation sites excluding steroid dienone is 1. The van der Waals surface area contributed by atoms with Crippen LogP contribution in [-0.2, 0) is 0 Å². The second-order valence-electron chi connectivity index (χ2n) is 4.30. The van der Waals surface area contributed by atoms with E-state index in [0.29, 0.717) is 5.88 Å². The lowest BCUT2D eigenvalue weighted by atomic mass is 10.0. The van der Waals surface area contributed by atoms with Crippen molar-refractivity contribution < 1.29 is 9.47 Å². The lowest BCUT2D eigenvalue weighted by Crippen LogP contribution is -1.88. The average Bonchev–Trinajstić information content (AvgIpc) is 2.53. The number of hydrogen-bond acceptors (Lipinski definition) is 2. The lowest BCUT2D eigenvalue weighted by Gasteiger charge is -2.06. The number of ether oxygens (including phenoxy) is 2. The van der Waals surface area contributed by atoms with E-state index in [1.165, 1.54) is 0 Å². The maximum absolute atomic E-state index is 6.06. The molecular weight excluding hydrogens is 272 g/mol. The molecule has 0 bridgehead atoms. The molecule has 0 N–H and O–H groups in total. The van der Waals surface area contributed by atoms with Crippen molar-refractivity contribution in [3.05, 3.63) is 59.7 Å². The van der Waals surface area contributed by atoms with E-state index in [4.69, 9.17) is 21.1 Å². The summed E-state index contributed by atoms with van der Waals surface area (Å²) in [5.74, 6) is 2.14. The van der Waals surface area contributed by atoms with Crippen LogP contribution in [-0.4, -0.2) is 20.1 Å². The fourth-order valence-corrected chi connectivity index (χ4v) is 2.14. The third kappa shape index (κ3) is 3.55. The normalized spacial score (nSPS) is 11.2. The Morgan fingerprint density at radius 1 is 0.900 bits per heavy atom. The number of hydrogen-bond donors (Lipinski definition) is 0. The number of benzene rings is 2. The van der Waals surface area contributed by atoms with Gasteiger partial charge in [0.05, 0.1) is 14.2 Å². The molecule has 0 aliphatic rings. The maximum Gasteiger partial charge on any atom is 0.118 e. The summed E-state index contributed by atoms with van der Waals surface area (Å²) in [6.45, 7) is 0. The molecular formula is C17H17ClO2. The van der Waals surface area contributed by atoms with E-state index in [9.17, 15) is 0 Å². The van der Waals surface area contributed by atoms with E-state index in [0.717, 1.165) is 28.2 Å². The van der Waals surface area contributed by atoms with E-state index in [-0.39, 0.29) is 0 Å². The molecule has 2 aromatic carbocycles. The summed E-state index contributed by atoms with van der Waals surface area (Å²) >= 11 is 6.06. The molecule has 0 aliphatic carbocycles. The third-order valence-electron chi connectivity index (χ3n) is 3.06. The number of methoxy groups -OCH3 is 2. The molecule has 0 unspecified atom stereocenters. The zero-order valence-corrected chi connectivity index (χ0v) is 12.4. The van der Waals surface area contributed by atoms with Crippen LogP contribution in [0.2, 0.25) is 0 Å². The molecule has 20 heavy (non-hydrogen) atoms. The number of rotatable bonds is 5. The van der Waals surface area contributed by atoms with Gasteiger partial charge in [0.25, 0.3) is 0 Å². The molecule has 3 heteroatoms. The molecule has 0 aromatic heterocycles. The quantitative estimate of drug-likeness (QED) is 0.596. The summed E-state index contributed by atoms with van der Waals surface area (Å²) < 4.78 is 10.3. The Balaban J connectivity index is 2.26. The predicted octanol–water partition coefficient (Wildman–Crippen LogP) is 4.48. The van der Waals surface area contributed by atoms with Crippen LogP contribution in [0.5, 0.6) is 11.5 Å². The SMILES string of the molecule is COc1ccc(/C=C(\CCl)c2ccc(OC)cc2)cc1. The fraction of sp³-hybridized carbons (Fsp3) is 0.176. The highest BCUT2D eigenvalue weighted by Crippen LogP contribution is 2.23. The minimum absolute atomic E-state index is 0.457. The Labute approximate surface area is 124 Å². The Morgan fingerprint density at radius 3 is 1.85 bits per heavy atom. The summed E-state index contributed by atoms with van der Waals surface area (Å²) in [7, 11) is 3.32. The van der Waals surface area contributed by atoms with Crippen molar-refractivity contribution in [2.24, 2.45) is 0 Å². The first-order valence-corrected chi connectivity index (χ1v) is 6.85. The second kappa shape index (κ2) is 7.01. The van der Waals surface area contributed by atoms with Gasteiger partial charge < -0.3 is 9.47 Å². The van der Waals surface area contributed by atoms with Gasteiger partial charge in [-0.05, 0) is 47.0 Å². The van der Waals surface area contributed by atoms with Gasteiger partial charge in [0.15, 0.2) is 0 Å². The topological polar surface area (TPSA) is 18.5 Å². The first kappa shape index (κ1) is 14.5. The fourth-order valence-electron chi connectivity index (χ4n) is 1.91. The Bertz CT molecular complexity index is 571. The van der Waals surface area contributed by atoms with Crippen molar-refractivity contribution in [3.63, 3.8) is 0 Å². The standard InChI is InChI=1S/C17H17ClO2/c1-19-16-7-3-13(4-8-16)11-15(12-18)14-5-9-17(20-2)10-6-14/h3-11H,12H2,1-2H3/b15-11+. The number of halogens is 1. The summed E-state index contributed by atoms with van der Waals surface area (Å²) in [5.41, 5.74) is 3.26. The monoisotopic (exact) mass is 288 g/mol. The molecule has 0 spiro atoms. The zero-order valence-electron chi connectivity index (χ0n) is 11.6. The summed E-state index contributed by atoms with van der Waals surface area (Å²) in [6, 6.07) is 15.8. The van der Waals surface area contributed by atoms with Crippen molar-refractivity contribution >= 4 is 23.3 Å². The lowest BCUT2D eigenvalue weighted by molar-refractivity contribution is 0.414. The van der Waals surface area contributed by atoms with Crippen LogP contribution in [0.4, 0.5) is 0 Å². The molecule has 0 fully saturated rings. The van der Waals surface area contributed by atoms with Gasteiger partial charge in [0.1, 0.15) is 11.5 Å². The van der Waals surface area contributed by atoms with E-state index in [1.54, 1.807) is 14.2 Å². The zero-order chi connectivity index (χ0) is 14.4. The van der Waals surface area contributed by atoms with Crippen LogP contribution in [0.1, 0.15) is 11.1 Å². The minimum atomic E-state index is 0.457. The smallest absolute Gasteiger partial charge is 0.118 e. The highest BCUT2D eigenvalue weighted by atomic mass is 35.5. The van der Waals surface area contributed by atoms with Gasteiger partial charge in [-0.3, -0.25) is 0 Å². The second-order valence-corrected chi connectivity index (χ2v) is 4.57. The number of alkyl halides is 1. The molecule has 104 valence electrons. The van der Waals surface area contributed by atoms with Crippen LogP contribution in [0, 0.1) is 0 Å². The molecule has 2 rings (SSSR count). The molecule has 0 saturated heterocycles. The highest BCUT2D eigenvalue weighted by Gasteiger charge is 2.02. The van der Waals surface area contributed by atoms with Crippen molar-refractivity contribution in [1.82, 2.24) is 0 Å². The van der Waals surface area contributed by atoms with Crippen molar-refractivity contribution in [2.45, 2.75) is 0 Å². The van der Waals surface area contributed by atoms with E-state index < -0.39 is 0 Å². The minimum Gasteiger partial charge on any atom is -0.497 e. The van der Waals surface area contributed by atoms with Gasteiger partial charge in [-0.25, -0.2) is 0 Å². The molecule has 2 nitrogen and oxygen atoms in total. The molecule has 0 saturated carbocycles. The Kier molecular flexibility index (Phi) is 5.08. The van der Waals surface area contributed by atoms with Crippen LogP contribution >= 0.6 is 11.6 Å². The van der Waals surface area contributed by atoms with E-state index in [1.807, 2.05) is 48.5 Å². The molecule has 0 radical (unpaired) electrons. The molecule has 0 amide bonds. The predicted molar refractivity (Wildman–Crippen MR) is 84.6 cm³/mol. The van der Waals surface area contributed by atoms with Crippen LogP contribution < -0.4 is 9.47 Å². The average molecular weight is 289 g/mol. The summed E-state index contributed by atoms with van der Waals surface area (Å²) in [4.78, 5) is 0. The van der Waals surface area contributed by atoms with Crippen LogP contribution in [0.25, 0.3) is 11.6 Å². The first-order chi connectivity index (χ1) is 9.76. The third-order valence-corrected chi connectivity index (χ3v) is 3.35. The molecule has 0 atom stereocenters. The molecule has 2 aromatic rings. The van der Waals surface area contributed by atoms with Gasteiger partial charge >= 0.3 is 0 Å². The van der Waals surface area contributed by atoms with Gasteiger partial charge in [0.2, 0.25) is 0 Å². The highest BCUT2D eigenvalue weighted by molar-refractivity contribution is 6.24. The first-order valence-electron chi connectivity index (χ1n) is 6.32. The molecule has 0 heterocycles. The Hall–Kier alpha value is -1.93. The largest absolute Gasteiger partial charge is 0.497 e. The van der Waals surface area contributed by atoms with E-state index >= 15 is 0 Å². The van der Waals surface area contributed by atoms with Crippen LogP contribution in [0.3, 0.4) is 0 Å². The Morgan fingerprint density at radius 2 is 1.40 bits per heavy atom. The molecule has 0 aliphatic heterocycles. The van der Waals surface area contributed by atoms with Crippen molar-refractivity contribution in [3.8, 4) is 11.5 Å². The maximum atomic E-state index is 6.06. The van der Waals surface area contributed by atoms with Crippen LogP contribution in [0.15, 0.2) is 48.5 Å².